The van der Waals surface area contributed by atoms with Crippen molar-refractivity contribution in [3.63, 3.8) is 0 Å². The number of nitrogens with one attached hydrogen (secondary N) is 1. The molecule has 96 valence electrons. The molecule has 2 heterocycles. The topological polar surface area (TPSA) is 64.8 Å². The molecule has 1 saturated heterocycles. The summed E-state index contributed by atoms with van der Waals surface area (Å²) in [7, 11) is 0. The molecular formula is C13H19N5. The van der Waals surface area contributed by atoms with Crippen molar-refractivity contribution in [2.75, 3.05) is 31.1 Å². The molecule has 18 heavy (non-hydrogen) atoms. The molecule has 1 aliphatic rings. The van der Waals surface area contributed by atoms with Crippen molar-refractivity contribution in [3.8, 4) is 6.07 Å². The van der Waals surface area contributed by atoms with Crippen molar-refractivity contribution in [1.82, 2.24) is 15.5 Å². The third kappa shape index (κ3) is 2.96. The standard InChI is InChI=1S/C13H19N5/c1-2-18(10-11-4-3-6-15-9-11)13-12(8-14)5-7-16-17-13/h5,7,11,15H,2-4,6,9-10H2,1H3. The molecule has 1 atom stereocenters. The highest BCUT2D eigenvalue weighted by Gasteiger charge is 2.19. The maximum atomic E-state index is 9.11. The highest BCUT2D eigenvalue weighted by atomic mass is 15.3. The highest BCUT2D eigenvalue weighted by Crippen LogP contribution is 2.19. The summed E-state index contributed by atoms with van der Waals surface area (Å²) in [5.41, 5.74) is 0.607. The average molecular weight is 245 g/mol. The SMILES string of the molecule is CCN(CC1CCCNC1)c1nnccc1C#N. The molecule has 1 aromatic heterocycles. The van der Waals surface area contributed by atoms with Crippen molar-refractivity contribution >= 4 is 5.82 Å². The normalized spacial score (nSPS) is 19.2. The fourth-order valence-corrected chi connectivity index (χ4v) is 2.40. The lowest BCUT2D eigenvalue weighted by Crippen LogP contribution is -2.39. The van der Waals surface area contributed by atoms with Gasteiger partial charge in [-0.1, -0.05) is 0 Å². The Labute approximate surface area is 108 Å². The van der Waals surface area contributed by atoms with E-state index in [2.05, 4.69) is 33.4 Å². The van der Waals surface area contributed by atoms with E-state index in [0.29, 0.717) is 17.3 Å². The van der Waals surface area contributed by atoms with E-state index in [1.54, 1.807) is 12.3 Å². The number of anilines is 1. The molecule has 1 aromatic rings. The summed E-state index contributed by atoms with van der Waals surface area (Å²) < 4.78 is 0. The van der Waals surface area contributed by atoms with Crippen LogP contribution in [-0.2, 0) is 0 Å². The monoisotopic (exact) mass is 245 g/mol. The average Bonchev–Trinajstić information content (AvgIpc) is 2.46. The van der Waals surface area contributed by atoms with Gasteiger partial charge in [0.25, 0.3) is 0 Å². The van der Waals surface area contributed by atoms with Crippen LogP contribution in [0.2, 0.25) is 0 Å². The largest absolute Gasteiger partial charge is 0.354 e. The molecule has 0 spiro atoms. The first-order valence-corrected chi connectivity index (χ1v) is 6.52. The number of aromatic nitrogens is 2. The molecule has 0 aromatic carbocycles. The smallest absolute Gasteiger partial charge is 0.169 e. The van der Waals surface area contributed by atoms with Crippen molar-refractivity contribution in [3.05, 3.63) is 17.8 Å². The summed E-state index contributed by atoms with van der Waals surface area (Å²) in [4.78, 5) is 2.16. The Balaban J connectivity index is 2.10. The first-order chi connectivity index (χ1) is 8.85. The second kappa shape index (κ2) is 6.31. The lowest BCUT2D eigenvalue weighted by molar-refractivity contribution is 0.377. The van der Waals surface area contributed by atoms with E-state index in [1.165, 1.54) is 12.8 Å². The molecule has 0 radical (unpaired) electrons. The molecular weight excluding hydrogens is 226 g/mol. The van der Waals surface area contributed by atoms with Gasteiger partial charge in [0, 0.05) is 13.1 Å². The van der Waals surface area contributed by atoms with Crippen molar-refractivity contribution in [2.24, 2.45) is 5.92 Å². The lowest BCUT2D eigenvalue weighted by atomic mass is 9.99. The minimum atomic E-state index is 0.607. The summed E-state index contributed by atoms with van der Waals surface area (Å²) >= 11 is 0. The van der Waals surface area contributed by atoms with Gasteiger partial charge in [-0.3, -0.25) is 0 Å². The Bertz CT molecular complexity index is 420. The van der Waals surface area contributed by atoms with Crippen LogP contribution in [0.3, 0.4) is 0 Å². The summed E-state index contributed by atoms with van der Waals surface area (Å²) in [6.45, 7) is 6.06. The number of hydrogen-bond donors (Lipinski definition) is 1. The van der Waals surface area contributed by atoms with Gasteiger partial charge in [-0.15, -0.1) is 5.10 Å². The van der Waals surface area contributed by atoms with Crippen LogP contribution in [0.25, 0.3) is 0 Å². The summed E-state index contributed by atoms with van der Waals surface area (Å²) in [5, 5.41) is 20.5. The van der Waals surface area contributed by atoms with Gasteiger partial charge in [-0.2, -0.15) is 10.4 Å². The molecule has 5 heteroatoms. The Kier molecular flexibility index (Phi) is 4.48. The molecule has 1 unspecified atom stereocenters. The minimum absolute atomic E-state index is 0.607. The number of piperidine rings is 1. The number of rotatable bonds is 4. The van der Waals surface area contributed by atoms with Crippen LogP contribution in [0.5, 0.6) is 0 Å². The van der Waals surface area contributed by atoms with Crippen molar-refractivity contribution in [1.29, 1.82) is 5.26 Å². The lowest BCUT2D eigenvalue weighted by Gasteiger charge is -2.30. The first kappa shape index (κ1) is 12.8. The Morgan fingerprint density at radius 2 is 2.50 bits per heavy atom. The fourth-order valence-electron chi connectivity index (χ4n) is 2.40. The Hall–Kier alpha value is -1.67. The van der Waals surface area contributed by atoms with E-state index in [0.717, 1.165) is 26.2 Å². The van der Waals surface area contributed by atoms with Crippen LogP contribution < -0.4 is 10.2 Å². The van der Waals surface area contributed by atoms with Crippen LogP contribution in [0.15, 0.2) is 12.3 Å². The molecule has 0 amide bonds. The number of nitrogens with zero attached hydrogens (tertiary/aromatic N) is 4. The predicted octanol–water partition coefficient (Wildman–Crippen LogP) is 1.17. The summed E-state index contributed by atoms with van der Waals surface area (Å²) in [6, 6.07) is 3.91. The van der Waals surface area contributed by atoms with Crippen molar-refractivity contribution in [2.45, 2.75) is 19.8 Å². The van der Waals surface area contributed by atoms with Crippen LogP contribution in [0.4, 0.5) is 5.82 Å². The second-order valence-corrected chi connectivity index (χ2v) is 4.63. The zero-order chi connectivity index (χ0) is 12.8. The third-order valence-electron chi connectivity index (χ3n) is 3.38. The minimum Gasteiger partial charge on any atom is -0.354 e. The zero-order valence-corrected chi connectivity index (χ0v) is 10.8. The molecule has 5 nitrogen and oxygen atoms in total. The Morgan fingerprint density at radius 1 is 1.61 bits per heavy atom. The van der Waals surface area contributed by atoms with E-state index in [-0.39, 0.29) is 0 Å². The number of nitriles is 1. The molecule has 0 bridgehead atoms. The number of hydrogen-bond acceptors (Lipinski definition) is 5. The fraction of sp³-hybridized carbons (Fsp3) is 0.615. The van der Waals surface area contributed by atoms with E-state index < -0.39 is 0 Å². The predicted molar refractivity (Wildman–Crippen MR) is 70.2 cm³/mol. The van der Waals surface area contributed by atoms with Gasteiger partial charge in [-0.25, -0.2) is 0 Å². The third-order valence-corrected chi connectivity index (χ3v) is 3.38. The van der Waals surface area contributed by atoms with Crippen LogP contribution in [-0.4, -0.2) is 36.4 Å². The summed E-state index contributed by atoms with van der Waals surface area (Å²) in [6.07, 6.45) is 4.04. The quantitative estimate of drug-likeness (QED) is 0.862. The van der Waals surface area contributed by atoms with Gasteiger partial charge in [-0.05, 0) is 44.8 Å². The highest BCUT2D eigenvalue weighted by molar-refractivity contribution is 5.52. The maximum absolute atomic E-state index is 9.11. The van der Waals surface area contributed by atoms with Crippen LogP contribution in [0, 0.1) is 17.2 Å². The van der Waals surface area contributed by atoms with E-state index in [9.17, 15) is 0 Å². The van der Waals surface area contributed by atoms with E-state index in [1.807, 2.05) is 0 Å². The van der Waals surface area contributed by atoms with Gasteiger partial charge < -0.3 is 10.2 Å². The molecule has 2 rings (SSSR count). The first-order valence-electron chi connectivity index (χ1n) is 6.52. The molecule has 1 fully saturated rings. The van der Waals surface area contributed by atoms with E-state index in [4.69, 9.17) is 5.26 Å². The molecule has 0 saturated carbocycles. The molecule has 0 aliphatic carbocycles. The van der Waals surface area contributed by atoms with Gasteiger partial charge in [0.15, 0.2) is 5.82 Å². The van der Waals surface area contributed by atoms with Crippen LogP contribution in [0.1, 0.15) is 25.3 Å². The van der Waals surface area contributed by atoms with Gasteiger partial charge in [0.05, 0.1) is 11.8 Å². The Morgan fingerprint density at radius 3 is 3.17 bits per heavy atom. The molecule has 1 N–H and O–H groups in total. The zero-order valence-electron chi connectivity index (χ0n) is 10.8. The van der Waals surface area contributed by atoms with E-state index >= 15 is 0 Å². The van der Waals surface area contributed by atoms with Crippen molar-refractivity contribution < 1.29 is 0 Å². The second-order valence-electron chi connectivity index (χ2n) is 4.63. The van der Waals surface area contributed by atoms with Gasteiger partial charge in [0.1, 0.15) is 6.07 Å². The maximum Gasteiger partial charge on any atom is 0.169 e. The van der Waals surface area contributed by atoms with Crippen LogP contribution >= 0.6 is 0 Å². The summed E-state index contributed by atoms with van der Waals surface area (Å²) in [5.74, 6) is 1.35. The molecule has 1 aliphatic heterocycles. The van der Waals surface area contributed by atoms with Gasteiger partial charge >= 0.3 is 0 Å². The van der Waals surface area contributed by atoms with Gasteiger partial charge in [0.2, 0.25) is 0 Å².